The summed E-state index contributed by atoms with van der Waals surface area (Å²) in [7, 11) is 1.60. The molecule has 0 aliphatic heterocycles. The molecule has 5 heteroatoms. The zero-order chi connectivity index (χ0) is 13.8. The number of ether oxygens (including phenoxy) is 2. The van der Waals surface area contributed by atoms with Crippen LogP contribution in [0.5, 0.6) is 17.4 Å². The van der Waals surface area contributed by atoms with Crippen molar-refractivity contribution < 1.29 is 9.47 Å². The third kappa shape index (κ3) is 3.16. The lowest BCUT2D eigenvalue weighted by atomic mass is 10.2. The highest BCUT2D eigenvalue weighted by Gasteiger charge is 2.08. The predicted octanol–water partition coefficient (Wildman–Crippen LogP) is 3.30. The molecular formula is C14H15ClN2O2. The number of halogens is 1. The molecule has 0 bridgehead atoms. The van der Waals surface area contributed by atoms with Crippen LogP contribution in [0.4, 0.5) is 0 Å². The predicted molar refractivity (Wildman–Crippen MR) is 74.9 cm³/mol. The standard InChI is InChI=1S/C14H15ClN2O2/c1-9-3-5-12(13(7-9)18-2)19-14-6-4-10(15)11(8-16)17-14/h3-7H,8,16H2,1-2H3. The highest BCUT2D eigenvalue weighted by molar-refractivity contribution is 6.31. The number of aryl methyl sites for hydroxylation is 1. The molecule has 0 radical (unpaired) electrons. The first kappa shape index (κ1) is 13.6. The molecule has 0 spiro atoms. The molecule has 0 aliphatic rings. The summed E-state index contributed by atoms with van der Waals surface area (Å²) < 4.78 is 11.0. The van der Waals surface area contributed by atoms with Gasteiger partial charge in [-0.05, 0) is 30.7 Å². The average Bonchev–Trinajstić information content (AvgIpc) is 2.42. The minimum absolute atomic E-state index is 0.265. The van der Waals surface area contributed by atoms with Gasteiger partial charge in [0.25, 0.3) is 0 Å². The number of hydrogen-bond donors (Lipinski definition) is 1. The van der Waals surface area contributed by atoms with Gasteiger partial charge in [0.05, 0.1) is 17.8 Å². The fourth-order valence-electron chi connectivity index (χ4n) is 1.64. The number of methoxy groups -OCH3 is 1. The topological polar surface area (TPSA) is 57.4 Å². The van der Waals surface area contributed by atoms with Crippen LogP contribution in [0.3, 0.4) is 0 Å². The van der Waals surface area contributed by atoms with Gasteiger partial charge in [0.1, 0.15) is 0 Å². The summed E-state index contributed by atoms with van der Waals surface area (Å²) in [6.45, 7) is 2.25. The van der Waals surface area contributed by atoms with Crippen molar-refractivity contribution in [3.05, 3.63) is 46.6 Å². The summed E-state index contributed by atoms with van der Waals surface area (Å²) in [5.41, 5.74) is 7.26. The van der Waals surface area contributed by atoms with Crippen molar-refractivity contribution in [2.45, 2.75) is 13.5 Å². The van der Waals surface area contributed by atoms with Crippen molar-refractivity contribution in [3.63, 3.8) is 0 Å². The Bertz CT molecular complexity index is 588. The Morgan fingerprint density at radius 3 is 2.68 bits per heavy atom. The molecule has 2 N–H and O–H groups in total. The van der Waals surface area contributed by atoms with Crippen molar-refractivity contribution in [2.24, 2.45) is 5.73 Å². The molecule has 0 atom stereocenters. The second-order valence-electron chi connectivity index (χ2n) is 4.04. The van der Waals surface area contributed by atoms with Crippen molar-refractivity contribution >= 4 is 11.6 Å². The van der Waals surface area contributed by atoms with Crippen LogP contribution in [-0.2, 0) is 6.54 Å². The van der Waals surface area contributed by atoms with Crippen molar-refractivity contribution in [1.82, 2.24) is 4.98 Å². The Kier molecular flexibility index (Phi) is 4.24. The maximum Gasteiger partial charge on any atom is 0.219 e. The van der Waals surface area contributed by atoms with Gasteiger partial charge in [-0.3, -0.25) is 0 Å². The van der Waals surface area contributed by atoms with E-state index in [0.29, 0.717) is 28.1 Å². The smallest absolute Gasteiger partial charge is 0.219 e. The molecule has 2 rings (SSSR count). The lowest BCUT2D eigenvalue weighted by Crippen LogP contribution is -2.02. The van der Waals surface area contributed by atoms with Crippen LogP contribution in [0, 0.1) is 6.92 Å². The summed E-state index contributed by atoms with van der Waals surface area (Å²) in [5.74, 6) is 1.70. The highest BCUT2D eigenvalue weighted by atomic mass is 35.5. The normalized spacial score (nSPS) is 10.3. The first-order valence-electron chi connectivity index (χ1n) is 5.82. The van der Waals surface area contributed by atoms with Crippen molar-refractivity contribution in [1.29, 1.82) is 0 Å². The van der Waals surface area contributed by atoms with E-state index in [0.717, 1.165) is 5.56 Å². The largest absolute Gasteiger partial charge is 0.493 e. The molecule has 0 amide bonds. The summed E-state index contributed by atoms with van der Waals surface area (Å²) in [4.78, 5) is 4.25. The van der Waals surface area contributed by atoms with Crippen LogP contribution < -0.4 is 15.2 Å². The van der Waals surface area contributed by atoms with Gasteiger partial charge in [0.2, 0.25) is 5.88 Å². The Morgan fingerprint density at radius 2 is 2.00 bits per heavy atom. The van der Waals surface area contributed by atoms with Crippen LogP contribution in [0.2, 0.25) is 5.02 Å². The molecule has 1 aromatic heterocycles. The minimum atomic E-state index is 0.265. The van der Waals surface area contributed by atoms with E-state index in [9.17, 15) is 0 Å². The highest BCUT2D eigenvalue weighted by Crippen LogP contribution is 2.32. The number of benzene rings is 1. The summed E-state index contributed by atoms with van der Waals surface area (Å²) in [6, 6.07) is 9.09. The van der Waals surface area contributed by atoms with E-state index in [-0.39, 0.29) is 6.54 Å². The van der Waals surface area contributed by atoms with E-state index in [1.54, 1.807) is 19.2 Å². The number of nitrogens with zero attached hydrogens (tertiary/aromatic N) is 1. The molecule has 0 fully saturated rings. The van der Waals surface area contributed by atoms with Crippen molar-refractivity contribution in [3.8, 4) is 17.4 Å². The van der Waals surface area contributed by atoms with Crippen LogP contribution in [0.15, 0.2) is 30.3 Å². The molecule has 2 aromatic rings. The van der Waals surface area contributed by atoms with Gasteiger partial charge in [0.15, 0.2) is 11.5 Å². The maximum absolute atomic E-state index is 5.96. The molecular weight excluding hydrogens is 264 g/mol. The molecule has 100 valence electrons. The Balaban J connectivity index is 2.30. The van der Waals surface area contributed by atoms with Gasteiger partial charge in [-0.2, -0.15) is 0 Å². The lowest BCUT2D eigenvalue weighted by molar-refractivity contribution is 0.373. The Labute approximate surface area is 117 Å². The second-order valence-corrected chi connectivity index (χ2v) is 4.45. The van der Waals surface area contributed by atoms with Crippen LogP contribution >= 0.6 is 11.6 Å². The number of pyridine rings is 1. The van der Waals surface area contributed by atoms with Crippen LogP contribution in [-0.4, -0.2) is 12.1 Å². The van der Waals surface area contributed by atoms with E-state index in [1.807, 2.05) is 25.1 Å². The summed E-state index contributed by atoms with van der Waals surface area (Å²) >= 11 is 5.96. The quantitative estimate of drug-likeness (QED) is 0.932. The summed E-state index contributed by atoms with van der Waals surface area (Å²) in [6.07, 6.45) is 0. The van der Waals surface area contributed by atoms with Gasteiger partial charge in [-0.1, -0.05) is 17.7 Å². The lowest BCUT2D eigenvalue weighted by Gasteiger charge is -2.11. The van der Waals surface area contributed by atoms with Gasteiger partial charge in [-0.25, -0.2) is 4.98 Å². The molecule has 1 heterocycles. The third-order valence-electron chi connectivity index (χ3n) is 2.62. The van der Waals surface area contributed by atoms with E-state index < -0.39 is 0 Å². The Morgan fingerprint density at radius 1 is 1.21 bits per heavy atom. The molecule has 0 unspecified atom stereocenters. The Hall–Kier alpha value is -1.78. The molecule has 0 saturated carbocycles. The zero-order valence-corrected chi connectivity index (χ0v) is 11.6. The van der Waals surface area contributed by atoms with E-state index in [1.165, 1.54) is 0 Å². The zero-order valence-electron chi connectivity index (χ0n) is 10.8. The number of nitrogens with two attached hydrogens (primary N) is 1. The monoisotopic (exact) mass is 278 g/mol. The SMILES string of the molecule is COc1cc(C)ccc1Oc1ccc(Cl)c(CN)n1. The maximum atomic E-state index is 5.96. The van der Waals surface area contributed by atoms with Gasteiger partial charge in [-0.15, -0.1) is 0 Å². The molecule has 4 nitrogen and oxygen atoms in total. The average molecular weight is 279 g/mol. The van der Waals surface area contributed by atoms with Gasteiger partial charge >= 0.3 is 0 Å². The number of rotatable bonds is 4. The minimum Gasteiger partial charge on any atom is -0.493 e. The number of aromatic nitrogens is 1. The second kappa shape index (κ2) is 5.91. The fraction of sp³-hybridized carbons (Fsp3) is 0.214. The fourth-order valence-corrected chi connectivity index (χ4v) is 1.82. The first-order chi connectivity index (χ1) is 9.13. The van der Waals surface area contributed by atoms with Gasteiger partial charge in [0, 0.05) is 12.6 Å². The van der Waals surface area contributed by atoms with Crippen LogP contribution in [0.1, 0.15) is 11.3 Å². The summed E-state index contributed by atoms with van der Waals surface area (Å²) in [5, 5.41) is 0.533. The molecule has 0 saturated heterocycles. The molecule has 1 aromatic carbocycles. The van der Waals surface area contributed by atoms with E-state index >= 15 is 0 Å². The first-order valence-corrected chi connectivity index (χ1v) is 6.20. The van der Waals surface area contributed by atoms with E-state index in [2.05, 4.69) is 4.98 Å². The molecule has 0 aliphatic carbocycles. The van der Waals surface area contributed by atoms with Crippen LogP contribution in [0.25, 0.3) is 0 Å². The molecule has 19 heavy (non-hydrogen) atoms. The van der Waals surface area contributed by atoms with E-state index in [4.69, 9.17) is 26.8 Å². The van der Waals surface area contributed by atoms with Crippen molar-refractivity contribution in [2.75, 3.05) is 7.11 Å². The third-order valence-corrected chi connectivity index (χ3v) is 2.96. The number of hydrogen-bond acceptors (Lipinski definition) is 4. The van der Waals surface area contributed by atoms with Gasteiger partial charge < -0.3 is 15.2 Å².